The van der Waals surface area contributed by atoms with E-state index < -0.39 is 0 Å². The molecule has 0 radical (unpaired) electrons. The van der Waals surface area contributed by atoms with Crippen molar-refractivity contribution in [3.05, 3.63) is 11.8 Å². The summed E-state index contributed by atoms with van der Waals surface area (Å²) in [7, 11) is 0. The van der Waals surface area contributed by atoms with E-state index >= 15 is 0 Å². The molecule has 0 aliphatic rings. The second kappa shape index (κ2) is 6.37. The van der Waals surface area contributed by atoms with Gasteiger partial charge in [-0.15, -0.1) is 10.2 Å². The van der Waals surface area contributed by atoms with Gasteiger partial charge in [0.25, 0.3) is 0 Å². The summed E-state index contributed by atoms with van der Waals surface area (Å²) in [5.41, 5.74) is 0. The molecule has 5 heteroatoms. The molecule has 0 aromatic carbocycles. The maximum atomic E-state index is 11.4. The third kappa shape index (κ3) is 4.97. The Labute approximate surface area is 102 Å². The van der Waals surface area contributed by atoms with Crippen LogP contribution in [0.5, 0.6) is 0 Å². The number of rotatable bonds is 6. The summed E-state index contributed by atoms with van der Waals surface area (Å²) in [6, 6.07) is 0. The molecule has 1 amide bonds. The molecular formula is C12H21N3O2. The molecule has 0 fully saturated rings. The molecule has 0 saturated carbocycles. The zero-order valence-electron chi connectivity index (χ0n) is 11.0. The summed E-state index contributed by atoms with van der Waals surface area (Å²) in [5.74, 6) is 1.92. The lowest BCUT2D eigenvalue weighted by molar-refractivity contribution is -0.121. The maximum Gasteiger partial charge on any atom is 0.220 e. The first-order chi connectivity index (χ1) is 7.99. The van der Waals surface area contributed by atoms with E-state index in [9.17, 15) is 4.79 Å². The van der Waals surface area contributed by atoms with Crippen LogP contribution in [-0.2, 0) is 11.2 Å². The van der Waals surface area contributed by atoms with Crippen LogP contribution in [0, 0.1) is 5.92 Å². The van der Waals surface area contributed by atoms with E-state index in [4.69, 9.17) is 4.42 Å². The Kier molecular flexibility index (Phi) is 5.12. The van der Waals surface area contributed by atoms with Crippen molar-refractivity contribution >= 4 is 5.91 Å². The van der Waals surface area contributed by atoms with E-state index in [1.165, 1.54) is 0 Å². The van der Waals surface area contributed by atoms with Gasteiger partial charge >= 0.3 is 0 Å². The summed E-state index contributed by atoms with van der Waals surface area (Å²) in [6.45, 7) is 8.59. The average molecular weight is 239 g/mol. The van der Waals surface area contributed by atoms with E-state index in [1.807, 2.05) is 27.7 Å². The van der Waals surface area contributed by atoms with Crippen molar-refractivity contribution in [3.8, 4) is 0 Å². The molecule has 96 valence electrons. The van der Waals surface area contributed by atoms with Crippen LogP contribution >= 0.6 is 0 Å². The fraction of sp³-hybridized carbons (Fsp3) is 0.750. The van der Waals surface area contributed by atoms with E-state index in [0.29, 0.717) is 37.1 Å². The van der Waals surface area contributed by atoms with Crippen LogP contribution in [0.2, 0.25) is 0 Å². The van der Waals surface area contributed by atoms with Crippen LogP contribution in [0.25, 0.3) is 0 Å². The fourth-order valence-electron chi connectivity index (χ4n) is 1.35. The quantitative estimate of drug-likeness (QED) is 0.823. The van der Waals surface area contributed by atoms with Crippen LogP contribution < -0.4 is 5.32 Å². The normalized spacial score (nSPS) is 11.2. The van der Waals surface area contributed by atoms with Gasteiger partial charge in [-0.1, -0.05) is 27.7 Å². The Morgan fingerprint density at radius 3 is 2.53 bits per heavy atom. The van der Waals surface area contributed by atoms with Crippen LogP contribution in [0.4, 0.5) is 0 Å². The van der Waals surface area contributed by atoms with Crippen molar-refractivity contribution < 1.29 is 9.21 Å². The second-order valence-corrected chi connectivity index (χ2v) is 4.89. The zero-order chi connectivity index (χ0) is 12.8. The molecule has 5 nitrogen and oxygen atoms in total. The van der Waals surface area contributed by atoms with Gasteiger partial charge in [0.15, 0.2) is 0 Å². The van der Waals surface area contributed by atoms with Gasteiger partial charge in [-0.3, -0.25) is 4.79 Å². The van der Waals surface area contributed by atoms with Gasteiger partial charge in [0.1, 0.15) is 0 Å². The predicted molar refractivity (Wildman–Crippen MR) is 64.6 cm³/mol. The molecule has 0 aliphatic carbocycles. The molecule has 1 aromatic rings. The molecule has 0 spiro atoms. The molecular weight excluding hydrogens is 218 g/mol. The standard InChI is InChI=1S/C12H21N3O2/c1-8(2)7-10(16)13-6-5-11-14-15-12(17-11)9(3)4/h8-9H,5-7H2,1-4H3,(H,13,16). The van der Waals surface area contributed by atoms with E-state index in [1.54, 1.807) is 0 Å². The Morgan fingerprint density at radius 2 is 2.00 bits per heavy atom. The summed E-state index contributed by atoms with van der Waals surface area (Å²) in [4.78, 5) is 11.4. The number of amides is 1. The Hall–Kier alpha value is -1.39. The average Bonchev–Trinajstić information content (AvgIpc) is 2.65. The lowest BCUT2D eigenvalue weighted by Crippen LogP contribution is -2.26. The van der Waals surface area contributed by atoms with Gasteiger partial charge in [0.2, 0.25) is 17.7 Å². The monoisotopic (exact) mass is 239 g/mol. The first-order valence-electron chi connectivity index (χ1n) is 6.08. The minimum Gasteiger partial charge on any atom is -0.425 e. The number of nitrogens with zero attached hydrogens (tertiary/aromatic N) is 2. The highest BCUT2D eigenvalue weighted by atomic mass is 16.4. The highest BCUT2D eigenvalue weighted by molar-refractivity contribution is 5.75. The molecule has 0 bridgehead atoms. The van der Waals surface area contributed by atoms with Crippen LogP contribution in [0.3, 0.4) is 0 Å². The van der Waals surface area contributed by atoms with Gasteiger partial charge in [-0.2, -0.15) is 0 Å². The van der Waals surface area contributed by atoms with E-state index in [0.717, 1.165) is 0 Å². The van der Waals surface area contributed by atoms with Gasteiger partial charge in [0.05, 0.1) is 0 Å². The fourth-order valence-corrected chi connectivity index (χ4v) is 1.35. The van der Waals surface area contributed by atoms with E-state index in [-0.39, 0.29) is 11.8 Å². The van der Waals surface area contributed by atoms with Gasteiger partial charge in [-0.05, 0) is 5.92 Å². The second-order valence-electron chi connectivity index (χ2n) is 4.89. The minimum atomic E-state index is 0.0728. The van der Waals surface area contributed by atoms with Gasteiger partial charge in [0, 0.05) is 25.3 Å². The van der Waals surface area contributed by atoms with Crippen molar-refractivity contribution in [2.75, 3.05) is 6.54 Å². The summed E-state index contributed by atoms with van der Waals surface area (Å²) >= 11 is 0. The van der Waals surface area contributed by atoms with Crippen molar-refractivity contribution in [3.63, 3.8) is 0 Å². The maximum absolute atomic E-state index is 11.4. The smallest absolute Gasteiger partial charge is 0.220 e. The van der Waals surface area contributed by atoms with Crippen LogP contribution in [0.1, 0.15) is 51.8 Å². The number of carbonyl (C=O) groups is 1. The van der Waals surface area contributed by atoms with Crippen LogP contribution in [-0.4, -0.2) is 22.6 Å². The molecule has 0 aliphatic heterocycles. The third-order valence-corrected chi connectivity index (χ3v) is 2.23. The summed E-state index contributed by atoms with van der Waals surface area (Å²) in [5, 5.41) is 10.7. The topological polar surface area (TPSA) is 68.0 Å². The van der Waals surface area contributed by atoms with E-state index in [2.05, 4.69) is 15.5 Å². The Bertz CT molecular complexity index is 358. The van der Waals surface area contributed by atoms with Crippen LogP contribution in [0.15, 0.2) is 4.42 Å². The first-order valence-corrected chi connectivity index (χ1v) is 6.08. The molecule has 1 heterocycles. The third-order valence-electron chi connectivity index (χ3n) is 2.23. The number of carbonyl (C=O) groups excluding carboxylic acids is 1. The molecule has 0 unspecified atom stereocenters. The predicted octanol–water partition coefficient (Wildman–Crippen LogP) is 1.90. The molecule has 1 rings (SSSR count). The zero-order valence-corrected chi connectivity index (χ0v) is 11.0. The number of hydrogen-bond donors (Lipinski definition) is 1. The summed E-state index contributed by atoms with van der Waals surface area (Å²) in [6.07, 6.45) is 1.14. The molecule has 17 heavy (non-hydrogen) atoms. The summed E-state index contributed by atoms with van der Waals surface area (Å²) < 4.78 is 5.43. The Morgan fingerprint density at radius 1 is 1.29 bits per heavy atom. The van der Waals surface area contributed by atoms with Crippen molar-refractivity contribution in [2.45, 2.75) is 46.5 Å². The van der Waals surface area contributed by atoms with Crippen molar-refractivity contribution in [1.82, 2.24) is 15.5 Å². The Balaban J connectivity index is 2.28. The SMILES string of the molecule is CC(C)CC(=O)NCCc1nnc(C(C)C)o1. The molecule has 1 aromatic heterocycles. The number of aromatic nitrogens is 2. The molecule has 0 atom stereocenters. The minimum absolute atomic E-state index is 0.0728. The highest BCUT2D eigenvalue weighted by Crippen LogP contribution is 2.11. The number of nitrogens with one attached hydrogen (secondary N) is 1. The van der Waals surface area contributed by atoms with Crippen molar-refractivity contribution in [2.24, 2.45) is 5.92 Å². The lowest BCUT2D eigenvalue weighted by atomic mass is 10.1. The lowest BCUT2D eigenvalue weighted by Gasteiger charge is -2.05. The highest BCUT2D eigenvalue weighted by Gasteiger charge is 2.10. The molecule has 1 N–H and O–H groups in total. The number of hydrogen-bond acceptors (Lipinski definition) is 4. The van der Waals surface area contributed by atoms with Gasteiger partial charge < -0.3 is 9.73 Å². The van der Waals surface area contributed by atoms with Crippen molar-refractivity contribution in [1.29, 1.82) is 0 Å². The van der Waals surface area contributed by atoms with Gasteiger partial charge in [-0.25, -0.2) is 0 Å². The first kappa shape index (κ1) is 13.7. The molecule has 0 saturated heterocycles. The largest absolute Gasteiger partial charge is 0.425 e.